The minimum atomic E-state index is -0.466. The van der Waals surface area contributed by atoms with Crippen LogP contribution in [0.5, 0.6) is 0 Å². The minimum absolute atomic E-state index is 0.284. The van der Waals surface area contributed by atoms with E-state index in [1.165, 1.54) is 29.8 Å². The fourth-order valence-corrected chi connectivity index (χ4v) is 3.05. The number of carbonyl (C=O) groups is 2. The highest BCUT2D eigenvalue weighted by Crippen LogP contribution is 2.27. The molecule has 0 unspecified atom stereocenters. The Kier molecular flexibility index (Phi) is 3.87. The number of ether oxygens (including phenoxy) is 1. The number of carbonyl (C=O) groups excluding carboxylic acids is 2. The number of thiophene rings is 2. The van der Waals surface area contributed by atoms with Gasteiger partial charge < -0.3 is 15.8 Å². The molecule has 0 saturated heterocycles. The Hall–Kier alpha value is -1.86. The Morgan fingerprint density at radius 3 is 2.74 bits per heavy atom. The monoisotopic (exact) mass is 296 g/mol. The summed E-state index contributed by atoms with van der Waals surface area (Å²) in [6.07, 6.45) is 0. The van der Waals surface area contributed by atoms with Crippen LogP contribution in [-0.2, 0) is 4.74 Å². The summed E-state index contributed by atoms with van der Waals surface area (Å²) in [5, 5.41) is 4.41. The summed E-state index contributed by atoms with van der Waals surface area (Å²) in [7, 11) is 1.30. The molecule has 5 nitrogen and oxygen atoms in total. The Bertz CT molecular complexity index is 611. The summed E-state index contributed by atoms with van der Waals surface area (Å²) in [6.45, 7) is 1.85. The number of hydrogen-bond donors (Lipinski definition) is 2. The van der Waals surface area contributed by atoms with E-state index in [4.69, 9.17) is 5.73 Å². The van der Waals surface area contributed by atoms with Gasteiger partial charge >= 0.3 is 5.97 Å². The summed E-state index contributed by atoms with van der Waals surface area (Å²) < 4.78 is 4.65. The van der Waals surface area contributed by atoms with Crippen molar-refractivity contribution < 1.29 is 14.3 Å². The zero-order valence-corrected chi connectivity index (χ0v) is 12.0. The molecule has 2 heterocycles. The number of methoxy groups -OCH3 is 1. The van der Waals surface area contributed by atoms with E-state index < -0.39 is 5.97 Å². The van der Waals surface area contributed by atoms with Crippen molar-refractivity contribution in [1.29, 1.82) is 0 Å². The van der Waals surface area contributed by atoms with Crippen molar-refractivity contribution in [2.24, 2.45) is 0 Å². The fraction of sp³-hybridized carbons (Fsp3) is 0.167. The van der Waals surface area contributed by atoms with Crippen molar-refractivity contribution in [1.82, 2.24) is 0 Å². The van der Waals surface area contributed by atoms with Crippen molar-refractivity contribution in [2.45, 2.75) is 6.92 Å². The molecule has 0 aliphatic carbocycles. The van der Waals surface area contributed by atoms with Crippen LogP contribution < -0.4 is 11.1 Å². The van der Waals surface area contributed by atoms with Gasteiger partial charge in [0.25, 0.3) is 5.91 Å². The van der Waals surface area contributed by atoms with E-state index in [1.54, 1.807) is 17.5 Å². The molecule has 100 valence electrons. The van der Waals surface area contributed by atoms with Crippen molar-refractivity contribution in [2.75, 3.05) is 18.2 Å². The number of rotatable bonds is 3. The molecule has 0 bridgehead atoms. The first-order chi connectivity index (χ1) is 9.02. The molecule has 0 saturated carbocycles. The van der Waals surface area contributed by atoms with Crippen LogP contribution in [0, 0.1) is 6.92 Å². The van der Waals surface area contributed by atoms with Crippen molar-refractivity contribution >= 4 is 45.9 Å². The number of nitrogens with two attached hydrogens (primary N) is 1. The summed E-state index contributed by atoms with van der Waals surface area (Å²) in [5.41, 5.74) is 6.75. The Labute approximate surface area is 118 Å². The molecule has 0 spiro atoms. The van der Waals surface area contributed by atoms with Gasteiger partial charge in [0.15, 0.2) is 0 Å². The number of nitrogen functional groups attached to an aromatic ring is 1. The van der Waals surface area contributed by atoms with Crippen LogP contribution in [0.15, 0.2) is 17.5 Å². The number of aryl methyl sites for hydroxylation is 1. The molecule has 2 aromatic heterocycles. The maximum Gasteiger partial charge on any atom is 0.350 e. The second-order valence-electron chi connectivity index (χ2n) is 3.73. The summed E-state index contributed by atoms with van der Waals surface area (Å²) >= 11 is 2.53. The first kappa shape index (κ1) is 13.6. The third-order valence-corrected chi connectivity index (χ3v) is 4.42. The van der Waals surface area contributed by atoms with E-state index in [2.05, 4.69) is 10.1 Å². The van der Waals surface area contributed by atoms with E-state index in [-0.39, 0.29) is 5.91 Å². The normalized spacial score (nSPS) is 10.2. The number of nitrogens with one attached hydrogen (secondary N) is 1. The van der Waals surface area contributed by atoms with Gasteiger partial charge in [-0.15, -0.1) is 22.7 Å². The summed E-state index contributed by atoms with van der Waals surface area (Å²) in [6, 6.07) is 3.29. The van der Waals surface area contributed by atoms with Gasteiger partial charge in [-0.2, -0.15) is 0 Å². The molecule has 0 fully saturated rings. The topological polar surface area (TPSA) is 81.4 Å². The first-order valence-corrected chi connectivity index (χ1v) is 7.05. The largest absolute Gasteiger partial charge is 0.465 e. The van der Waals surface area contributed by atoms with Crippen LogP contribution in [-0.4, -0.2) is 19.0 Å². The van der Waals surface area contributed by atoms with E-state index in [0.717, 1.165) is 4.88 Å². The zero-order valence-electron chi connectivity index (χ0n) is 10.4. The molecule has 0 aliphatic heterocycles. The molecule has 0 aliphatic rings. The SMILES string of the molecule is COC(=O)c1sccc1NC(=O)c1cc(N)c(C)s1. The molecule has 2 aromatic rings. The van der Waals surface area contributed by atoms with E-state index in [1.807, 2.05) is 6.92 Å². The maximum atomic E-state index is 12.0. The Balaban J connectivity index is 2.20. The minimum Gasteiger partial charge on any atom is -0.465 e. The van der Waals surface area contributed by atoms with Gasteiger partial charge in [-0.25, -0.2) is 4.79 Å². The van der Waals surface area contributed by atoms with Crippen molar-refractivity contribution in [3.8, 4) is 0 Å². The average Bonchev–Trinajstić information content (AvgIpc) is 2.96. The van der Waals surface area contributed by atoms with E-state index >= 15 is 0 Å². The molecule has 19 heavy (non-hydrogen) atoms. The fourth-order valence-electron chi connectivity index (χ4n) is 1.45. The predicted molar refractivity (Wildman–Crippen MR) is 77.1 cm³/mol. The van der Waals surface area contributed by atoms with Gasteiger partial charge in [0.05, 0.1) is 17.7 Å². The van der Waals surface area contributed by atoms with Crippen molar-refractivity contribution in [3.05, 3.63) is 32.1 Å². The van der Waals surface area contributed by atoms with Gasteiger partial charge in [0, 0.05) is 10.6 Å². The number of anilines is 2. The van der Waals surface area contributed by atoms with E-state index in [9.17, 15) is 9.59 Å². The van der Waals surface area contributed by atoms with E-state index in [0.29, 0.717) is 21.1 Å². The third kappa shape index (κ3) is 2.77. The highest BCUT2D eigenvalue weighted by molar-refractivity contribution is 7.14. The summed E-state index contributed by atoms with van der Waals surface area (Å²) in [5.74, 6) is -0.750. The number of hydrogen-bond acceptors (Lipinski definition) is 6. The average molecular weight is 296 g/mol. The lowest BCUT2D eigenvalue weighted by Gasteiger charge is -2.03. The lowest BCUT2D eigenvalue weighted by molar-refractivity contribution is 0.0607. The molecule has 3 N–H and O–H groups in total. The van der Waals surface area contributed by atoms with Crippen LogP contribution in [0.4, 0.5) is 11.4 Å². The second-order valence-corrected chi connectivity index (χ2v) is 5.90. The Morgan fingerprint density at radius 1 is 1.42 bits per heavy atom. The molecular formula is C12H12N2O3S2. The van der Waals surface area contributed by atoms with Crippen LogP contribution in [0.25, 0.3) is 0 Å². The van der Waals surface area contributed by atoms with Gasteiger partial charge in [0.1, 0.15) is 4.88 Å². The zero-order chi connectivity index (χ0) is 14.0. The molecule has 0 atom stereocenters. The molecule has 0 aromatic carbocycles. The lowest BCUT2D eigenvalue weighted by Crippen LogP contribution is -2.12. The standard InChI is InChI=1S/C12H12N2O3S2/c1-6-7(13)5-9(19-6)11(15)14-8-3-4-18-10(8)12(16)17-2/h3-5H,13H2,1-2H3,(H,14,15). The second kappa shape index (κ2) is 5.41. The van der Waals surface area contributed by atoms with Crippen LogP contribution in [0.3, 0.4) is 0 Å². The number of esters is 1. The molecular weight excluding hydrogens is 284 g/mol. The molecule has 2 rings (SSSR count). The first-order valence-electron chi connectivity index (χ1n) is 5.36. The molecule has 7 heteroatoms. The van der Waals surface area contributed by atoms with Gasteiger partial charge in [-0.1, -0.05) is 0 Å². The predicted octanol–water partition coefficient (Wildman–Crippen LogP) is 2.74. The smallest absolute Gasteiger partial charge is 0.350 e. The van der Waals surface area contributed by atoms with Crippen LogP contribution >= 0.6 is 22.7 Å². The van der Waals surface area contributed by atoms with Gasteiger partial charge in [-0.05, 0) is 24.4 Å². The summed E-state index contributed by atoms with van der Waals surface area (Å²) in [4.78, 5) is 25.3. The third-order valence-electron chi connectivity index (χ3n) is 2.46. The number of amides is 1. The van der Waals surface area contributed by atoms with Gasteiger partial charge in [-0.3, -0.25) is 4.79 Å². The van der Waals surface area contributed by atoms with Gasteiger partial charge in [0.2, 0.25) is 0 Å². The van der Waals surface area contributed by atoms with Crippen LogP contribution in [0.2, 0.25) is 0 Å². The molecule has 0 radical (unpaired) electrons. The quantitative estimate of drug-likeness (QED) is 0.853. The highest BCUT2D eigenvalue weighted by Gasteiger charge is 2.17. The Morgan fingerprint density at radius 2 is 2.16 bits per heavy atom. The van der Waals surface area contributed by atoms with Crippen LogP contribution in [0.1, 0.15) is 24.2 Å². The lowest BCUT2D eigenvalue weighted by atomic mass is 10.3. The highest BCUT2D eigenvalue weighted by atomic mass is 32.1. The maximum absolute atomic E-state index is 12.0. The van der Waals surface area contributed by atoms with Crippen molar-refractivity contribution in [3.63, 3.8) is 0 Å². The molecule has 1 amide bonds.